The van der Waals surface area contributed by atoms with Crippen molar-refractivity contribution >= 4 is 5.91 Å². The maximum Gasteiger partial charge on any atom is 0.249 e. The van der Waals surface area contributed by atoms with Crippen molar-refractivity contribution in [2.45, 2.75) is 63.1 Å². The van der Waals surface area contributed by atoms with E-state index in [1.807, 2.05) is 16.9 Å². The van der Waals surface area contributed by atoms with Gasteiger partial charge in [0.1, 0.15) is 12.4 Å². The molecule has 26 heavy (non-hydrogen) atoms. The van der Waals surface area contributed by atoms with E-state index in [9.17, 15) is 4.79 Å². The molecule has 7 heteroatoms. The van der Waals surface area contributed by atoms with Crippen molar-refractivity contribution in [3.63, 3.8) is 0 Å². The zero-order valence-electron chi connectivity index (χ0n) is 14.9. The number of amides is 1. The van der Waals surface area contributed by atoms with Gasteiger partial charge in [0, 0.05) is 30.6 Å². The van der Waals surface area contributed by atoms with Crippen molar-refractivity contribution in [3.8, 4) is 11.3 Å². The molecule has 2 aromatic rings. The third kappa shape index (κ3) is 3.93. The molecule has 3 heterocycles. The molecule has 2 fully saturated rings. The van der Waals surface area contributed by atoms with Crippen LogP contribution in [0.25, 0.3) is 11.3 Å². The molecule has 0 bridgehead atoms. The van der Waals surface area contributed by atoms with E-state index < -0.39 is 0 Å². The van der Waals surface area contributed by atoms with E-state index in [0.717, 1.165) is 56.2 Å². The van der Waals surface area contributed by atoms with Gasteiger partial charge in [-0.15, -0.1) is 0 Å². The minimum absolute atomic E-state index is 0.0679. The van der Waals surface area contributed by atoms with Gasteiger partial charge in [0.25, 0.3) is 0 Å². The topological polar surface area (TPSA) is 81.9 Å². The minimum atomic E-state index is -0.247. The molecule has 0 aromatic carbocycles. The van der Waals surface area contributed by atoms with E-state index in [0.29, 0.717) is 12.6 Å². The zero-order chi connectivity index (χ0) is 17.8. The summed E-state index contributed by atoms with van der Waals surface area (Å²) in [6.07, 6.45) is 13.9. The molecular formula is C19H25N5O2. The Morgan fingerprint density at radius 1 is 1.19 bits per heavy atom. The Labute approximate surface area is 153 Å². The Kier molecular flexibility index (Phi) is 5.24. The van der Waals surface area contributed by atoms with Crippen molar-refractivity contribution < 1.29 is 9.53 Å². The SMILES string of the molecule is O=C(NC1CCC(n2cc(-c3ccncn3)cn2)CC1)C1CCCCO1. The highest BCUT2D eigenvalue weighted by Crippen LogP contribution is 2.29. The van der Waals surface area contributed by atoms with Crippen LogP contribution < -0.4 is 5.32 Å². The van der Waals surface area contributed by atoms with Crippen LogP contribution in [-0.4, -0.2) is 44.4 Å². The summed E-state index contributed by atoms with van der Waals surface area (Å²) in [5.41, 5.74) is 1.90. The number of carbonyl (C=O) groups is 1. The van der Waals surface area contributed by atoms with E-state index in [1.54, 1.807) is 12.5 Å². The number of carbonyl (C=O) groups excluding carboxylic acids is 1. The third-order valence-electron chi connectivity index (χ3n) is 5.37. The van der Waals surface area contributed by atoms with Crippen LogP contribution in [0.3, 0.4) is 0 Å². The summed E-state index contributed by atoms with van der Waals surface area (Å²) in [6, 6.07) is 2.52. The Balaban J connectivity index is 1.30. The molecule has 4 rings (SSSR count). The van der Waals surface area contributed by atoms with Crippen LogP contribution in [0.15, 0.2) is 31.0 Å². The molecule has 1 N–H and O–H groups in total. The van der Waals surface area contributed by atoms with Gasteiger partial charge < -0.3 is 10.1 Å². The molecule has 1 aliphatic carbocycles. The Morgan fingerprint density at radius 2 is 2.08 bits per heavy atom. The van der Waals surface area contributed by atoms with Crippen LogP contribution >= 0.6 is 0 Å². The predicted octanol–water partition coefficient (Wildman–Crippen LogP) is 2.51. The highest BCUT2D eigenvalue weighted by atomic mass is 16.5. The summed E-state index contributed by atoms with van der Waals surface area (Å²) in [7, 11) is 0. The highest BCUT2D eigenvalue weighted by Gasteiger charge is 2.28. The van der Waals surface area contributed by atoms with Crippen LogP contribution in [0.2, 0.25) is 0 Å². The maximum atomic E-state index is 12.3. The molecule has 0 radical (unpaired) electrons. The zero-order valence-corrected chi connectivity index (χ0v) is 14.9. The van der Waals surface area contributed by atoms with Gasteiger partial charge >= 0.3 is 0 Å². The predicted molar refractivity (Wildman–Crippen MR) is 96.3 cm³/mol. The first-order valence-corrected chi connectivity index (χ1v) is 9.52. The Hall–Kier alpha value is -2.28. The second-order valence-electron chi connectivity index (χ2n) is 7.17. The van der Waals surface area contributed by atoms with Gasteiger partial charge in [-0.3, -0.25) is 9.48 Å². The Morgan fingerprint density at radius 3 is 2.81 bits per heavy atom. The van der Waals surface area contributed by atoms with E-state index in [2.05, 4.69) is 26.6 Å². The lowest BCUT2D eigenvalue weighted by Crippen LogP contribution is -2.45. The summed E-state index contributed by atoms with van der Waals surface area (Å²) in [4.78, 5) is 20.5. The number of aromatic nitrogens is 4. The number of hydrogen-bond donors (Lipinski definition) is 1. The molecule has 2 aromatic heterocycles. The molecule has 1 atom stereocenters. The van der Waals surface area contributed by atoms with Crippen LogP contribution in [0.4, 0.5) is 0 Å². The molecule has 1 saturated heterocycles. The molecule has 1 saturated carbocycles. The molecule has 0 spiro atoms. The first-order chi connectivity index (χ1) is 12.8. The lowest BCUT2D eigenvalue weighted by Gasteiger charge is -2.31. The van der Waals surface area contributed by atoms with Gasteiger partial charge in [0.15, 0.2) is 0 Å². The average molecular weight is 355 g/mol. The maximum absolute atomic E-state index is 12.3. The number of ether oxygens (including phenoxy) is 1. The molecule has 138 valence electrons. The second-order valence-corrected chi connectivity index (χ2v) is 7.17. The van der Waals surface area contributed by atoms with Crippen molar-refractivity contribution in [3.05, 3.63) is 31.0 Å². The average Bonchev–Trinajstić information content (AvgIpc) is 3.20. The number of rotatable bonds is 4. The van der Waals surface area contributed by atoms with Gasteiger partial charge in [-0.25, -0.2) is 9.97 Å². The fourth-order valence-corrected chi connectivity index (χ4v) is 3.86. The summed E-state index contributed by atoms with van der Waals surface area (Å²) in [6.45, 7) is 0.707. The lowest BCUT2D eigenvalue weighted by molar-refractivity contribution is -0.136. The van der Waals surface area contributed by atoms with Gasteiger partial charge in [0.2, 0.25) is 5.91 Å². The largest absolute Gasteiger partial charge is 0.368 e. The summed E-state index contributed by atoms with van der Waals surface area (Å²) in [5, 5.41) is 7.71. The standard InChI is InChI=1S/C19H25N5O2/c25-19(18-3-1-2-10-26-18)23-15-4-6-16(7-5-15)24-12-14(11-22-24)17-8-9-20-13-21-17/h8-9,11-13,15-16,18H,1-7,10H2,(H,23,25). The van der Waals surface area contributed by atoms with Crippen LogP contribution in [0, 0.1) is 0 Å². The van der Waals surface area contributed by atoms with Crippen LogP contribution in [0.5, 0.6) is 0 Å². The molecular weight excluding hydrogens is 330 g/mol. The Bertz CT molecular complexity index is 719. The monoisotopic (exact) mass is 355 g/mol. The van der Waals surface area contributed by atoms with E-state index in [4.69, 9.17) is 4.74 Å². The number of hydrogen-bond acceptors (Lipinski definition) is 5. The van der Waals surface area contributed by atoms with Gasteiger partial charge in [-0.1, -0.05) is 0 Å². The quantitative estimate of drug-likeness (QED) is 0.911. The van der Waals surface area contributed by atoms with Crippen molar-refractivity contribution in [2.75, 3.05) is 6.61 Å². The fraction of sp³-hybridized carbons (Fsp3) is 0.579. The first kappa shape index (κ1) is 17.1. The lowest BCUT2D eigenvalue weighted by atomic mass is 9.91. The van der Waals surface area contributed by atoms with Crippen LogP contribution in [-0.2, 0) is 9.53 Å². The third-order valence-corrected chi connectivity index (χ3v) is 5.37. The fourth-order valence-electron chi connectivity index (χ4n) is 3.86. The van der Waals surface area contributed by atoms with Crippen molar-refractivity contribution in [1.82, 2.24) is 25.1 Å². The first-order valence-electron chi connectivity index (χ1n) is 9.52. The van der Waals surface area contributed by atoms with Crippen molar-refractivity contribution in [1.29, 1.82) is 0 Å². The minimum Gasteiger partial charge on any atom is -0.368 e. The number of nitrogens with zero attached hydrogens (tertiary/aromatic N) is 4. The normalized spacial score (nSPS) is 26.4. The molecule has 1 amide bonds. The second kappa shape index (κ2) is 7.95. The molecule has 1 aliphatic heterocycles. The molecule has 2 aliphatic rings. The van der Waals surface area contributed by atoms with E-state index in [1.165, 1.54) is 0 Å². The summed E-state index contributed by atoms with van der Waals surface area (Å²) < 4.78 is 7.62. The van der Waals surface area contributed by atoms with Crippen LogP contribution in [0.1, 0.15) is 51.0 Å². The van der Waals surface area contributed by atoms with E-state index in [-0.39, 0.29) is 18.1 Å². The number of nitrogens with one attached hydrogen (secondary N) is 1. The smallest absolute Gasteiger partial charge is 0.249 e. The summed E-state index contributed by atoms with van der Waals surface area (Å²) in [5.74, 6) is 0.0679. The summed E-state index contributed by atoms with van der Waals surface area (Å²) >= 11 is 0. The van der Waals surface area contributed by atoms with Crippen molar-refractivity contribution in [2.24, 2.45) is 0 Å². The highest BCUT2D eigenvalue weighted by molar-refractivity contribution is 5.81. The van der Waals surface area contributed by atoms with Gasteiger partial charge in [0.05, 0.1) is 17.9 Å². The van der Waals surface area contributed by atoms with Gasteiger partial charge in [-0.05, 0) is 51.0 Å². The van der Waals surface area contributed by atoms with Gasteiger partial charge in [-0.2, -0.15) is 5.10 Å². The van der Waals surface area contributed by atoms with E-state index >= 15 is 0 Å². The molecule has 1 unspecified atom stereocenters. The molecule has 7 nitrogen and oxygen atoms in total.